The van der Waals surface area contributed by atoms with Gasteiger partial charge in [-0.3, -0.25) is 4.98 Å². The maximum absolute atomic E-state index is 11.9. The summed E-state index contributed by atoms with van der Waals surface area (Å²) in [6, 6.07) is 10.6. The largest absolute Gasteiger partial charge is 0.421 e. The summed E-state index contributed by atoms with van der Waals surface area (Å²) < 4.78 is 5.35. The fourth-order valence-corrected chi connectivity index (χ4v) is 1.97. The van der Waals surface area contributed by atoms with Crippen LogP contribution in [0, 0.1) is 6.92 Å². The second-order valence-electron chi connectivity index (χ2n) is 4.87. The second kappa shape index (κ2) is 6.69. The van der Waals surface area contributed by atoms with Crippen LogP contribution in [0.1, 0.15) is 11.5 Å². The number of benzene rings is 1. The molecular formula is C16H15N5O2. The number of hydrogen-bond donors (Lipinski definition) is 2. The summed E-state index contributed by atoms with van der Waals surface area (Å²) >= 11 is 0. The lowest BCUT2D eigenvalue weighted by Gasteiger charge is -2.07. The number of anilines is 1. The third-order valence-corrected chi connectivity index (χ3v) is 3.12. The Balaban J connectivity index is 1.56. The molecule has 0 saturated carbocycles. The maximum atomic E-state index is 11.9. The van der Waals surface area contributed by atoms with Crippen LogP contribution in [-0.2, 0) is 6.54 Å². The van der Waals surface area contributed by atoms with Gasteiger partial charge in [0.25, 0.3) is 0 Å². The molecule has 1 aromatic carbocycles. The molecule has 0 saturated heterocycles. The predicted octanol–water partition coefficient (Wildman–Crippen LogP) is 2.76. The van der Waals surface area contributed by atoms with Gasteiger partial charge in [0.1, 0.15) is 0 Å². The monoisotopic (exact) mass is 309 g/mol. The molecule has 0 aliphatic carbocycles. The maximum Gasteiger partial charge on any atom is 0.319 e. The SMILES string of the molecule is Cc1nnc(-c2ccc(NC(=O)NCc3ccncc3)cc2)o1. The zero-order valence-electron chi connectivity index (χ0n) is 12.5. The summed E-state index contributed by atoms with van der Waals surface area (Å²) in [5.74, 6) is 0.967. The molecule has 0 aliphatic rings. The van der Waals surface area contributed by atoms with Crippen molar-refractivity contribution in [2.24, 2.45) is 0 Å². The van der Waals surface area contributed by atoms with Crippen molar-refractivity contribution in [1.82, 2.24) is 20.5 Å². The molecule has 0 radical (unpaired) electrons. The molecular weight excluding hydrogens is 294 g/mol. The Morgan fingerprint density at radius 2 is 1.83 bits per heavy atom. The molecule has 2 amide bonds. The van der Waals surface area contributed by atoms with Crippen molar-refractivity contribution in [1.29, 1.82) is 0 Å². The van der Waals surface area contributed by atoms with Gasteiger partial charge in [-0.1, -0.05) is 0 Å². The molecule has 2 heterocycles. The molecule has 0 fully saturated rings. The van der Waals surface area contributed by atoms with E-state index >= 15 is 0 Å². The van der Waals surface area contributed by atoms with Gasteiger partial charge in [0, 0.05) is 37.1 Å². The Morgan fingerprint density at radius 3 is 2.48 bits per heavy atom. The van der Waals surface area contributed by atoms with E-state index in [0.717, 1.165) is 11.1 Å². The molecule has 2 N–H and O–H groups in total. The fraction of sp³-hybridized carbons (Fsp3) is 0.125. The van der Waals surface area contributed by atoms with E-state index in [1.807, 2.05) is 24.3 Å². The van der Waals surface area contributed by atoms with Gasteiger partial charge in [0.05, 0.1) is 0 Å². The minimum absolute atomic E-state index is 0.275. The Kier molecular flexibility index (Phi) is 4.28. The normalized spacial score (nSPS) is 10.3. The highest BCUT2D eigenvalue weighted by Gasteiger charge is 2.06. The summed E-state index contributed by atoms with van der Waals surface area (Å²) in [6.45, 7) is 2.17. The summed E-state index contributed by atoms with van der Waals surface area (Å²) in [5, 5.41) is 13.3. The van der Waals surface area contributed by atoms with E-state index in [1.165, 1.54) is 0 Å². The fourth-order valence-electron chi connectivity index (χ4n) is 1.97. The zero-order chi connectivity index (χ0) is 16.1. The third kappa shape index (κ3) is 3.91. The van der Waals surface area contributed by atoms with Crippen LogP contribution in [0.2, 0.25) is 0 Å². The van der Waals surface area contributed by atoms with Gasteiger partial charge >= 0.3 is 6.03 Å². The van der Waals surface area contributed by atoms with Crippen molar-refractivity contribution in [2.45, 2.75) is 13.5 Å². The number of carbonyl (C=O) groups is 1. The van der Waals surface area contributed by atoms with Crippen molar-refractivity contribution < 1.29 is 9.21 Å². The molecule has 0 spiro atoms. The first kappa shape index (κ1) is 14.7. The van der Waals surface area contributed by atoms with Gasteiger partial charge in [-0.2, -0.15) is 0 Å². The molecule has 7 nitrogen and oxygen atoms in total. The lowest BCUT2D eigenvalue weighted by Crippen LogP contribution is -2.28. The average molecular weight is 309 g/mol. The minimum Gasteiger partial charge on any atom is -0.421 e. The number of rotatable bonds is 4. The standard InChI is InChI=1S/C16H15N5O2/c1-11-20-21-15(23-11)13-2-4-14(5-3-13)19-16(22)18-10-12-6-8-17-9-7-12/h2-9H,10H2,1H3,(H2,18,19,22). The first-order chi connectivity index (χ1) is 11.2. The van der Waals surface area contributed by atoms with E-state index < -0.39 is 0 Å². The van der Waals surface area contributed by atoms with E-state index in [2.05, 4.69) is 25.8 Å². The Hall–Kier alpha value is -3.22. The Morgan fingerprint density at radius 1 is 1.09 bits per heavy atom. The molecule has 2 aromatic heterocycles. The number of nitrogens with one attached hydrogen (secondary N) is 2. The molecule has 0 atom stereocenters. The van der Waals surface area contributed by atoms with Crippen LogP contribution < -0.4 is 10.6 Å². The number of hydrogen-bond acceptors (Lipinski definition) is 5. The average Bonchev–Trinajstić information content (AvgIpc) is 3.01. The lowest BCUT2D eigenvalue weighted by atomic mass is 10.2. The van der Waals surface area contributed by atoms with Crippen molar-refractivity contribution in [3.8, 4) is 11.5 Å². The van der Waals surface area contributed by atoms with E-state index in [4.69, 9.17) is 4.42 Å². The van der Waals surface area contributed by atoms with Crippen LogP contribution in [-0.4, -0.2) is 21.2 Å². The van der Waals surface area contributed by atoms with Gasteiger partial charge in [0.2, 0.25) is 11.8 Å². The molecule has 0 bridgehead atoms. The van der Waals surface area contributed by atoms with Crippen LogP contribution in [0.5, 0.6) is 0 Å². The molecule has 0 aliphatic heterocycles. The van der Waals surface area contributed by atoms with E-state index in [0.29, 0.717) is 24.0 Å². The highest BCUT2D eigenvalue weighted by Crippen LogP contribution is 2.19. The van der Waals surface area contributed by atoms with E-state index in [-0.39, 0.29) is 6.03 Å². The first-order valence-electron chi connectivity index (χ1n) is 7.05. The van der Waals surface area contributed by atoms with Crippen LogP contribution in [0.25, 0.3) is 11.5 Å². The molecule has 116 valence electrons. The third-order valence-electron chi connectivity index (χ3n) is 3.12. The number of amides is 2. The smallest absolute Gasteiger partial charge is 0.319 e. The highest BCUT2D eigenvalue weighted by molar-refractivity contribution is 5.89. The summed E-state index contributed by atoms with van der Waals surface area (Å²) in [6.07, 6.45) is 3.37. The second-order valence-corrected chi connectivity index (χ2v) is 4.87. The van der Waals surface area contributed by atoms with Crippen LogP contribution in [0.4, 0.5) is 10.5 Å². The quantitative estimate of drug-likeness (QED) is 0.773. The minimum atomic E-state index is -0.275. The summed E-state index contributed by atoms with van der Waals surface area (Å²) in [5.41, 5.74) is 2.46. The van der Waals surface area contributed by atoms with Crippen LogP contribution in [0.3, 0.4) is 0 Å². The number of aryl methyl sites for hydroxylation is 1. The Bertz CT molecular complexity index is 784. The molecule has 3 aromatic rings. The topological polar surface area (TPSA) is 92.9 Å². The van der Waals surface area contributed by atoms with E-state index in [9.17, 15) is 4.79 Å². The van der Waals surface area contributed by atoms with Crippen molar-refractivity contribution in [3.63, 3.8) is 0 Å². The molecule has 3 rings (SSSR count). The molecule has 23 heavy (non-hydrogen) atoms. The van der Waals surface area contributed by atoms with Crippen molar-refractivity contribution in [2.75, 3.05) is 5.32 Å². The van der Waals surface area contributed by atoms with Gasteiger partial charge in [-0.15, -0.1) is 10.2 Å². The predicted molar refractivity (Wildman–Crippen MR) is 84.6 cm³/mol. The van der Waals surface area contributed by atoms with Crippen molar-refractivity contribution >= 4 is 11.7 Å². The zero-order valence-corrected chi connectivity index (χ0v) is 12.5. The van der Waals surface area contributed by atoms with Crippen LogP contribution >= 0.6 is 0 Å². The summed E-state index contributed by atoms with van der Waals surface area (Å²) in [4.78, 5) is 15.8. The number of carbonyl (C=O) groups excluding carboxylic acids is 1. The lowest BCUT2D eigenvalue weighted by molar-refractivity contribution is 0.251. The summed E-state index contributed by atoms with van der Waals surface area (Å²) in [7, 11) is 0. The number of pyridine rings is 1. The van der Waals surface area contributed by atoms with Crippen LogP contribution in [0.15, 0.2) is 53.2 Å². The van der Waals surface area contributed by atoms with E-state index in [1.54, 1.807) is 31.5 Å². The number of nitrogens with zero attached hydrogens (tertiary/aromatic N) is 3. The Labute approximate surface area is 132 Å². The molecule has 7 heteroatoms. The van der Waals surface area contributed by atoms with Crippen molar-refractivity contribution in [3.05, 3.63) is 60.2 Å². The first-order valence-corrected chi connectivity index (χ1v) is 7.05. The number of urea groups is 1. The molecule has 0 unspecified atom stereocenters. The number of aromatic nitrogens is 3. The van der Waals surface area contributed by atoms with Gasteiger partial charge < -0.3 is 15.1 Å². The van der Waals surface area contributed by atoms with Gasteiger partial charge in [-0.05, 0) is 42.0 Å². The van der Waals surface area contributed by atoms with Gasteiger partial charge in [0.15, 0.2) is 0 Å². The van der Waals surface area contributed by atoms with Gasteiger partial charge in [-0.25, -0.2) is 4.79 Å². The highest BCUT2D eigenvalue weighted by atomic mass is 16.4.